The fourth-order valence-electron chi connectivity index (χ4n) is 0.963. The van der Waals surface area contributed by atoms with Crippen molar-refractivity contribution in [2.75, 3.05) is 0 Å². The van der Waals surface area contributed by atoms with Crippen LogP contribution in [-0.4, -0.2) is 15.8 Å². The van der Waals surface area contributed by atoms with E-state index in [2.05, 4.69) is 23.8 Å². The molecule has 0 unspecified atom stereocenters. The van der Waals surface area contributed by atoms with Crippen molar-refractivity contribution in [2.45, 2.75) is 26.7 Å². The van der Waals surface area contributed by atoms with Gasteiger partial charge in [-0.05, 0) is 12.3 Å². The maximum Gasteiger partial charge on any atom is 0.180 e. The van der Waals surface area contributed by atoms with Crippen LogP contribution in [0, 0.1) is 5.92 Å². The van der Waals surface area contributed by atoms with Gasteiger partial charge in [0.15, 0.2) is 5.78 Å². The molecule has 12 heavy (non-hydrogen) atoms. The molecule has 0 radical (unpaired) electrons. The molecule has 0 fully saturated rings. The number of aromatic nitrogens is 2. The minimum absolute atomic E-state index is 0.154. The Morgan fingerprint density at radius 1 is 1.67 bits per heavy atom. The molecule has 0 aromatic carbocycles. The Morgan fingerprint density at radius 2 is 2.42 bits per heavy atom. The zero-order valence-corrected chi connectivity index (χ0v) is 7.50. The van der Waals surface area contributed by atoms with Crippen LogP contribution in [0.25, 0.3) is 0 Å². The number of aromatic amines is 1. The van der Waals surface area contributed by atoms with E-state index in [1.54, 1.807) is 6.20 Å². The van der Waals surface area contributed by atoms with E-state index in [0.29, 0.717) is 18.0 Å². The highest BCUT2D eigenvalue weighted by molar-refractivity contribution is 5.93. The van der Waals surface area contributed by atoms with Gasteiger partial charge in [0.05, 0.1) is 12.5 Å². The highest BCUT2D eigenvalue weighted by Crippen LogP contribution is 2.07. The first kappa shape index (κ1) is 8.97. The van der Waals surface area contributed by atoms with Crippen molar-refractivity contribution in [2.24, 2.45) is 5.92 Å². The summed E-state index contributed by atoms with van der Waals surface area (Å²) in [7, 11) is 0. The van der Waals surface area contributed by atoms with Crippen LogP contribution in [0.15, 0.2) is 12.5 Å². The summed E-state index contributed by atoms with van der Waals surface area (Å²) >= 11 is 0. The van der Waals surface area contributed by atoms with Gasteiger partial charge < -0.3 is 4.98 Å². The number of Topliss-reactive ketones (excluding diaryl/α,β-unsaturated/α-hetero) is 1. The van der Waals surface area contributed by atoms with Crippen LogP contribution in [0.1, 0.15) is 37.2 Å². The van der Waals surface area contributed by atoms with Gasteiger partial charge in [0, 0.05) is 6.42 Å². The second kappa shape index (κ2) is 4.04. The monoisotopic (exact) mass is 166 g/mol. The molecular formula is C9H14N2O. The number of ketones is 1. The summed E-state index contributed by atoms with van der Waals surface area (Å²) in [4.78, 5) is 17.9. The third kappa shape index (κ3) is 2.49. The Kier molecular flexibility index (Phi) is 3.02. The molecule has 1 aromatic rings. The summed E-state index contributed by atoms with van der Waals surface area (Å²) in [5.41, 5.74) is 0.621. The van der Waals surface area contributed by atoms with Crippen LogP contribution >= 0.6 is 0 Å². The zero-order valence-electron chi connectivity index (χ0n) is 7.50. The van der Waals surface area contributed by atoms with Crippen LogP contribution < -0.4 is 0 Å². The van der Waals surface area contributed by atoms with Crippen LogP contribution in [0.3, 0.4) is 0 Å². The number of H-pyrrole nitrogens is 1. The molecule has 1 heterocycles. The Balaban J connectivity index is 2.40. The van der Waals surface area contributed by atoms with Crippen molar-refractivity contribution in [3.63, 3.8) is 0 Å². The van der Waals surface area contributed by atoms with Gasteiger partial charge in [-0.1, -0.05) is 13.8 Å². The van der Waals surface area contributed by atoms with E-state index in [-0.39, 0.29) is 5.78 Å². The molecule has 0 aliphatic carbocycles. The van der Waals surface area contributed by atoms with E-state index in [0.717, 1.165) is 6.42 Å². The van der Waals surface area contributed by atoms with E-state index in [4.69, 9.17) is 0 Å². The molecule has 0 saturated carbocycles. The van der Waals surface area contributed by atoms with E-state index in [9.17, 15) is 4.79 Å². The number of carbonyl (C=O) groups excluding carboxylic acids is 1. The second-order valence-corrected chi connectivity index (χ2v) is 3.32. The zero-order chi connectivity index (χ0) is 8.97. The summed E-state index contributed by atoms with van der Waals surface area (Å²) in [5.74, 6) is 0.734. The third-order valence-electron chi connectivity index (χ3n) is 1.75. The average molecular weight is 166 g/mol. The van der Waals surface area contributed by atoms with Crippen molar-refractivity contribution in [1.82, 2.24) is 9.97 Å². The van der Waals surface area contributed by atoms with E-state index < -0.39 is 0 Å². The molecule has 3 heteroatoms. The van der Waals surface area contributed by atoms with Crippen molar-refractivity contribution in [1.29, 1.82) is 0 Å². The number of hydrogen-bond acceptors (Lipinski definition) is 2. The number of hydrogen-bond donors (Lipinski definition) is 1. The lowest BCUT2D eigenvalue weighted by atomic mass is 10.0. The molecule has 0 amide bonds. The Morgan fingerprint density at radius 3 is 2.92 bits per heavy atom. The van der Waals surface area contributed by atoms with Crippen LogP contribution in [0.2, 0.25) is 0 Å². The Hall–Kier alpha value is -1.12. The Bertz CT molecular complexity index is 239. The van der Waals surface area contributed by atoms with Crippen LogP contribution in [0.4, 0.5) is 0 Å². The molecule has 0 atom stereocenters. The predicted molar refractivity (Wildman–Crippen MR) is 47.0 cm³/mol. The number of carbonyl (C=O) groups is 1. The molecule has 66 valence electrons. The fourth-order valence-corrected chi connectivity index (χ4v) is 0.963. The first-order valence-corrected chi connectivity index (χ1v) is 4.21. The molecule has 0 aliphatic rings. The molecule has 1 N–H and O–H groups in total. The topological polar surface area (TPSA) is 45.8 Å². The summed E-state index contributed by atoms with van der Waals surface area (Å²) in [6.07, 6.45) is 4.66. The minimum atomic E-state index is 0.154. The first-order valence-electron chi connectivity index (χ1n) is 4.21. The Labute approximate surface area is 72.2 Å². The molecule has 0 spiro atoms. The molecule has 3 nitrogen and oxygen atoms in total. The average Bonchev–Trinajstić information content (AvgIpc) is 2.51. The lowest BCUT2D eigenvalue weighted by Crippen LogP contribution is -2.01. The van der Waals surface area contributed by atoms with Gasteiger partial charge in [0.1, 0.15) is 5.69 Å². The van der Waals surface area contributed by atoms with Crippen molar-refractivity contribution in [3.8, 4) is 0 Å². The minimum Gasteiger partial charge on any atom is -0.342 e. The van der Waals surface area contributed by atoms with Gasteiger partial charge in [-0.25, -0.2) is 4.98 Å². The summed E-state index contributed by atoms with van der Waals surface area (Å²) in [6, 6.07) is 0. The van der Waals surface area contributed by atoms with Gasteiger partial charge in [0.25, 0.3) is 0 Å². The maximum atomic E-state index is 11.3. The van der Waals surface area contributed by atoms with Crippen molar-refractivity contribution < 1.29 is 4.79 Å². The molecular weight excluding hydrogens is 152 g/mol. The van der Waals surface area contributed by atoms with Gasteiger partial charge >= 0.3 is 0 Å². The van der Waals surface area contributed by atoms with Gasteiger partial charge in [0.2, 0.25) is 0 Å². The van der Waals surface area contributed by atoms with Crippen LogP contribution in [-0.2, 0) is 0 Å². The predicted octanol–water partition coefficient (Wildman–Crippen LogP) is 2.03. The van der Waals surface area contributed by atoms with Crippen LogP contribution in [0.5, 0.6) is 0 Å². The van der Waals surface area contributed by atoms with Crippen molar-refractivity contribution in [3.05, 3.63) is 18.2 Å². The smallest absolute Gasteiger partial charge is 0.180 e. The van der Waals surface area contributed by atoms with E-state index >= 15 is 0 Å². The van der Waals surface area contributed by atoms with Crippen molar-refractivity contribution >= 4 is 5.78 Å². The molecule has 0 saturated heterocycles. The largest absolute Gasteiger partial charge is 0.342 e. The summed E-state index contributed by atoms with van der Waals surface area (Å²) in [5, 5.41) is 0. The van der Waals surface area contributed by atoms with Gasteiger partial charge in [-0.2, -0.15) is 0 Å². The second-order valence-electron chi connectivity index (χ2n) is 3.32. The third-order valence-corrected chi connectivity index (χ3v) is 1.75. The number of rotatable bonds is 4. The normalized spacial score (nSPS) is 10.6. The van der Waals surface area contributed by atoms with E-state index in [1.807, 2.05) is 0 Å². The van der Waals surface area contributed by atoms with Gasteiger partial charge in [-0.15, -0.1) is 0 Å². The molecule has 0 aliphatic heterocycles. The molecule has 1 aromatic heterocycles. The summed E-state index contributed by atoms with van der Waals surface area (Å²) in [6.45, 7) is 4.22. The molecule has 1 rings (SSSR count). The lowest BCUT2D eigenvalue weighted by molar-refractivity contribution is 0.0971. The number of nitrogens with zero attached hydrogens (tertiary/aromatic N) is 1. The maximum absolute atomic E-state index is 11.3. The highest BCUT2D eigenvalue weighted by atomic mass is 16.1. The molecule has 0 bridgehead atoms. The van der Waals surface area contributed by atoms with E-state index in [1.165, 1.54) is 6.33 Å². The number of nitrogens with one attached hydrogen (secondary N) is 1. The lowest BCUT2D eigenvalue weighted by Gasteiger charge is -2.01. The SMILES string of the molecule is CC(C)CCC(=O)c1cnc[nH]1. The standard InChI is InChI=1S/C9H14N2O/c1-7(2)3-4-9(12)8-5-10-6-11-8/h5-7H,3-4H2,1-2H3,(H,10,11). The highest BCUT2D eigenvalue weighted by Gasteiger charge is 2.07. The number of imidazole rings is 1. The first-order chi connectivity index (χ1) is 5.70. The fraction of sp³-hybridized carbons (Fsp3) is 0.556. The summed E-state index contributed by atoms with van der Waals surface area (Å²) < 4.78 is 0. The van der Waals surface area contributed by atoms with Gasteiger partial charge in [-0.3, -0.25) is 4.79 Å². The quantitative estimate of drug-likeness (QED) is 0.695.